The Morgan fingerprint density at radius 3 is 2.96 bits per heavy atom. The molecule has 0 saturated carbocycles. The molecule has 0 spiro atoms. The van der Waals surface area contributed by atoms with E-state index in [1.54, 1.807) is 6.07 Å². The molecule has 25 heavy (non-hydrogen) atoms. The van der Waals surface area contributed by atoms with E-state index in [-0.39, 0.29) is 11.9 Å². The van der Waals surface area contributed by atoms with E-state index < -0.39 is 5.41 Å². The van der Waals surface area contributed by atoms with Gasteiger partial charge in [0.25, 0.3) is 0 Å². The Hall–Kier alpha value is -2.87. The Morgan fingerprint density at radius 2 is 2.12 bits per heavy atom. The summed E-state index contributed by atoms with van der Waals surface area (Å²) in [7, 11) is 0. The number of nitrogens with one attached hydrogen (secondary N) is 1. The molecule has 2 aliphatic heterocycles. The van der Waals surface area contributed by atoms with Crippen molar-refractivity contribution >= 4 is 16.7 Å². The minimum absolute atomic E-state index is 0.0207. The smallest absolute Gasteiger partial charge is 0.139 e. The molecular weight excluding hydrogens is 315 g/mol. The van der Waals surface area contributed by atoms with E-state index in [0.717, 1.165) is 36.1 Å². The quantitative estimate of drug-likeness (QED) is 0.739. The normalized spacial score (nSPS) is 24.8. The SMILES string of the molecule is N#CC1(c2nc3ccccc3[nH]2)Cc2c(F)cccc2N2CCCC21. The first-order valence-corrected chi connectivity index (χ1v) is 8.63. The molecule has 3 heterocycles. The molecule has 1 aromatic heterocycles. The van der Waals surface area contributed by atoms with Crippen molar-refractivity contribution in [2.75, 3.05) is 11.4 Å². The minimum atomic E-state index is -0.856. The van der Waals surface area contributed by atoms with Crippen molar-refractivity contribution in [1.82, 2.24) is 9.97 Å². The van der Waals surface area contributed by atoms with Gasteiger partial charge in [0.15, 0.2) is 0 Å². The third-order valence-corrected chi connectivity index (χ3v) is 5.69. The standard InChI is InChI=1S/C20H17FN4/c21-14-5-3-8-17-13(14)11-20(12-22,18-9-4-10-25(17)18)19-23-15-6-1-2-7-16(15)24-19/h1-3,5-8,18H,4,9-11H2,(H,23,24). The number of rotatable bonds is 1. The molecule has 2 atom stereocenters. The summed E-state index contributed by atoms with van der Waals surface area (Å²) >= 11 is 0. The van der Waals surface area contributed by atoms with Crippen molar-refractivity contribution in [3.63, 3.8) is 0 Å². The molecule has 1 fully saturated rings. The second kappa shape index (κ2) is 5.06. The maximum atomic E-state index is 14.6. The van der Waals surface area contributed by atoms with Crippen LogP contribution < -0.4 is 4.90 Å². The highest BCUT2D eigenvalue weighted by molar-refractivity contribution is 5.75. The van der Waals surface area contributed by atoms with Gasteiger partial charge in [-0.15, -0.1) is 0 Å². The largest absolute Gasteiger partial charge is 0.366 e. The Balaban J connectivity index is 1.75. The lowest BCUT2D eigenvalue weighted by atomic mass is 9.71. The van der Waals surface area contributed by atoms with Crippen molar-refractivity contribution in [1.29, 1.82) is 5.26 Å². The van der Waals surface area contributed by atoms with E-state index >= 15 is 0 Å². The van der Waals surface area contributed by atoms with Crippen molar-refractivity contribution < 1.29 is 4.39 Å². The summed E-state index contributed by atoms with van der Waals surface area (Å²) in [5, 5.41) is 10.2. The third-order valence-electron chi connectivity index (χ3n) is 5.69. The Morgan fingerprint density at radius 1 is 1.24 bits per heavy atom. The number of anilines is 1. The van der Waals surface area contributed by atoms with E-state index in [4.69, 9.17) is 4.98 Å². The van der Waals surface area contributed by atoms with Crippen molar-refractivity contribution in [2.24, 2.45) is 0 Å². The lowest BCUT2D eigenvalue weighted by Gasteiger charge is -2.43. The molecule has 0 bridgehead atoms. The van der Waals surface area contributed by atoms with E-state index in [0.29, 0.717) is 17.8 Å². The van der Waals surface area contributed by atoms with E-state index in [9.17, 15) is 9.65 Å². The van der Waals surface area contributed by atoms with Crippen LogP contribution in [0.2, 0.25) is 0 Å². The van der Waals surface area contributed by atoms with Crippen LogP contribution in [-0.4, -0.2) is 22.6 Å². The van der Waals surface area contributed by atoms with Gasteiger partial charge in [0, 0.05) is 24.2 Å². The van der Waals surface area contributed by atoms with Gasteiger partial charge in [0.05, 0.1) is 23.1 Å². The number of fused-ring (bicyclic) bond motifs is 4. The van der Waals surface area contributed by atoms with Gasteiger partial charge in [-0.05, 0) is 37.1 Å². The topological polar surface area (TPSA) is 55.7 Å². The molecule has 0 aliphatic carbocycles. The van der Waals surface area contributed by atoms with Crippen LogP contribution in [0.5, 0.6) is 0 Å². The third kappa shape index (κ3) is 1.88. The zero-order valence-electron chi connectivity index (χ0n) is 13.7. The highest BCUT2D eigenvalue weighted by atomic mass is 19.1. The summed E-state index contributed by atoms with van der Waals surface area (Å²) in [5.41, 5.74) is 2.46. The molecule has 3 aromatic rings. The fraction of sp³-hybridized carbons (Fsp3) is 0.300. The van der Waals surface area contributed by atoms with Crippen molar-refractivity contribution in [2.45, 2.75) is 30.7 Å². The number of imidazole rings is 1. The van der Waals surface area contributed by atoms with Gasteiger partial charge in [-0.2, -0.15) is 5.26 Å². The number of aromatic amines is 1. The molecule has 1 N–H and O–H groups in total. The molecular formula is C20H17FN4. The van der Waals surface area contributed by atoms with Gasteiger partial charge < -0.3 is 9.88 Å². The first kappa shape index (κ1) is 14.5. The van der Waals surface area contributed by atoms with Crippen molar-refractivity contribution in [3.05, 3.63) is 59.7 Å². The summed E-state index contributed by atoms with van der Waals surface area (Å²) in [6.45, 7) is 0.852. The van der Waals surface area contributed by atoms with Crippen LogP contribution in [0.4, 0.5) is 10.1 Å². The molecule has 0 radical (unpaired) electrons. The summed E-state index contributed by atoms with van der Waals surface area (Å²) in [6.07, 6.45) is 2.28. The number of para-hydroxylation sites is 2. The Labute approximate surface area is 144 Å². The molecule has 5 heteroatoms. The highest BCUT2D eigenvalue weighted by Crippen LogP contribution is 2.47. The maximum absolute atomic E-state index is 14.6. The number of H-pyrrole nitrogens is 1. The van der Waals surface area contributed by atoms with E-state index in [1.807, 2.05) is 30.3 Å². The van der Waals surface area contributed by atoms with E-state index in [1.165, 1.54) is 6.07 Å². The summed E-state index contributed by atoms with van der Waals surface area (Å²) in [6, 6.07) is 15.5. The number of hydrogen-bond donors (Lipinski definition) is 1. The lowest BCUT2D eigenvalue weighted by Crippen LogP contribution is -2.52. The number of benzene rings is 2. The maximum Gasteiger partial charge on any atom is 0.139 e. The fourth-order valence-electron chi connectivity index (χ4n) is 4.53. The predicted molar refractivity (Wildman–Crippen MR) is 93.9 cm³/mol. The van der Waals surface area contributed by atoms with Crippen LogP contribution >= 0.6 is 0 Å². The Kier molecular flexibility index (Phi) is 2.93. The number of halogens is 1. The monoisotopic (exact) mass is 332 g/mol. The molecule has 2 aromatic carbocycles. The molecule has 0 amide bonds. The molecule has 2 aliphatic rings. The zero-order valence-corrected chi connectivity index (χ0v) is 13.7. The van der Waals surface area contributed by atoms with Gasteiger partial charge in [-0.3, -0.25) is 0 Å². The van der Waals surface area contributed by atoms with Crippen LogP contribution in [0.1, 0.15) is 24.2 Å². The van der Waals surface area contributed by atoms with Gasteiger partial charge in [-0.25, -0.2) is 9.37 Å². The second-order valence-corrected chi connectivity index (χ2v) is 6.95. The molecule has 2 unspecified atom stereocenters. The molecule has 5 rings (SSSR count). The lowest BCUT2D eigenvalue weighted by molar-refractivity contribution is 0.385. The molecule has 4 nitrogen and oxygen atoms in total. The fourth-order valence-corrected chi connectivity index (χ4v) is 4.53. The van der Waals surface area contributed by atoms with E-state index in [2.05, 4.69) is 16.0 Å². The summed E-state index contributed by atoms with van der Waals surface area (Å²) in [4.78, 5) is 10.3. The van der Waals surface area contributed by atoms with Crippen LogP contribution in [0.25, 0.3) is 11.0 Å². The van der Waals surface area contributed by atoms with Gasteiger partial charge >= 0.3 is 0 Å². The van der Waals surface area contributed by atoms with Gasteiger partial charge in [0.2, 0.25) is 0 Å². The van der Waals surface area contributed by atoms with Gasteiger partial charge in [0.1, 0.15) is 17.1 Å². The number of nitrogens with zero attached hydrogens (tertiary/aromatic N) is 3. The summed E-state index contributed by atoms with van der Waals surface area (Å²) < 4.78 is 14.6. The second-order valence-electron chi connectivity index (χ2n) is 6.95. The van der Waals surface area contributed by atoms with Crippen LogP contribution in [0.15, 0.2) is 42.5 Å². The Bertz CT molecular complexity index is 985. The predicted octanol–water partition coefficient (Wildman–Crippen LogP) is 3.69. The molecule has 1 saturated heterocycles. The van der Waals surface area contributed by atoms with Crippen LogP contribution in [0.3, 0.4) is 0 Å². The first-order chi connectivity index (χ1) is 12.2. The number of aromatic nitrogens is 2. The zero-order chi connectivity index (χ0) is 17.0. The minimum Gasteiger partial charge on any atom is -0.366 e. The molecule has 124 valence electrons. The average Bonchev–Trinajstić information content (AvgIpc) is 3.29. The average molecular weight is 332 g/mol. The van der Waals surface area contributed by atoms with Crippen molar-refractivity contribution in [3.8, 4) is 6.07 Å². The van der Waals surface area contributed by atoms with Gasteiger partial charge in [-0.1, -0.05) is 18.2 Å². The number of hydrogen-bond acceptors (Lipinski definition) is 3. The van der Waals surface area contributed by atoms with Crippen LogP contribution in [0, 0.1) is 17.1 Å². The van der Waals surface area contributed by atoms with Crippen LogP contribution in [-0.2, 0) is 11.8 Å². The highest BCUT2D eigenvalue weighted by Gasteiger charge is 2.52. The number of nitriles is 1. The first-order valence-electron chi connectivity index (χ1n) is 8.63. The summed E-state index contributed by atoms with van der Waals surface area (Å²) in [5.74, 6) is 0.417.